The lowest BCUT2D eigenvalue weighted by molar-refractivity contribution is 0.922. The number of rotatable bonds is 3. The van der Waals surface area contributed by atoms with Crippen LogP contribution in [0.3, 0.4) is 0 Å². The molecule has 0 saturated heterocycles. The minimum Gasteiger partial charge on any atom is -0.143 e. The van der Waals surface area contributed by atoms with E-state index in [1.165, 1.54) is 23.1 Å². The van der Waals surface area contributed by atoms with Gasteiger partial charge in [0.15, 0.2) is 0 Å². The minimum atomic E-state index is 1.01. The summed E-state index contributed by atoms with van der Waals surface area (Å²) in [5, 5.41) is 0. The Morgan fingerprint density at radius 3 is 1.81 bits per heavy atom. The van der Waals surface area contributed by atoms with Crippen molar-refractivity contribution in [1.29, 1.82) is 0 Å². The smallest absolute Gasteiger partial charge is 0.00404 e. The highest BCUT2D eigenvalue weighted by molar-refractivity contribution is 7.80. The van der Waals surface area contributed by atoms with Crippen molar-refractivity contribution >= 4 is 12.6 Å². The molecule has 0 N–H and O–H groups in total. The Bertz CT molecular complexity index is 440. The largest absolute Gasteiger partial charge is 0.143 e. The molecule has 0 heterocycles. The van der Waals surface area contributed by atoms with Gasteiger partial charge in [0.05, 0.1) is 0 Å². The van der Waals surface area contributed by atoms with Gasteiger partial charge in [-0.1, -0.05) is 49.7 Å². The van der Waals surface area contributed by atoms with E-state index in [1.807, 2.05) is 12.1 Å². The number of thiol groups is 1. The Balaban J connectivity index is 2.24. The third-order valence-corrected chi connectivity index (χ3v) is 2.99. The molecule has 0 amide bonds. The Morgan fingerprint density at radius 2 is 1.31 bits per heavy atom. The highest BCUT2D eigenvalue weighted by Gasteiger charge is 1.97. The fraction of sp³-hybridized carbons (Fsp3) is 0.200. The third-order valence-electron chi connectivity index (χ3n) is 2.69. The van der Waals surface area contributed by atoms with Crippen LogP contribution in [-0.4, -0.2) is 0 Å². The van der Waals surface area contributed by atoms with Crippen LogP contribution in [0.2, 0.25) is 0 Å². The second-order valence-electron chi connectivity index (χ2n) is 3.99. The van der Waals surface area contributed by atoms with Gasteiger partial charge in [-0.3, -0.25) is 0 Å². The number of hydrogen-bond acceptors (Lipinski definition) is 1. The van der Waals surface area contributed by atoms with Gasteiger partial charge in [0.25, 0.3) is 0 Å². The summed E-state index contributed by atoms with van der Waals surface area (Å²) in [5.74, 6) is 0. The number of benzene rings is 2. The van der Waals surface area contributed by atoms with Crippen molar-refractivity contribution in [2.45, 2.75) is 24.7 Å². The van der Waals surface area contributed by atoms with E-state index in [1.54, 1.807) is 0 Å². The summed E-state index contributed by atoms with van der Waals surface area (Å²) >= 11 is 4.29. The zero-order valence-electron chi connectivity index (χ0n) is 9.48. The molecule has 0 fully saturated rings. The van der Waals surface area contributed by atoms with Gasteiger partial charge in [-0.15, -0.1) is 12.6 Å². The minimum absolute atomic E-state index is 1.01. The van der Waals surface area contributed by atoms with Gasteiger partial charge < -0.3 is 0 Å². The molecule has 0 spiro atoms. The standard InChI is InChI=1S/C15H16S/c1-2-3-12-4-6-13(7-5-12)14-8-10-15(16)11-9-14/h4-11,16H,2-3H2,1H3. The highest BCUT2D eigenvalue weighted by Crippen LogP contribution is 2.21. The summed E-state index contributed by atoms with van der Waals surface area (Å²) in [6, 6.07) is 17.1. The SMILES string of the molecule is CCCc1ccc(-c2ccc(S)cc2)cc1. The first-order valence-corrected chi connectivity index (χ1v) is 6.12. The van der Waals surface area contributed by atoms with Crippen LogP contribution in [0.1, 0.15) is 18.9 Å². The fourth-order valence-corrected chi connectivity index (χ4v) is 1.96. The summed E-state index contributed by atoms with van der Waals surface area (Å²) in [6.07, 6.45) is 2.36. The lowest BCUT2D eigenvalue weighted by Crippen LogP contribution is -1.83. The van der Waals surface area contributed by atoms with E-state index >= 15 is 0 Å². The van der Waals surface area contributed by atoms with E-state index in [0.717, 1.165) is 11.3 Å². The molecule has 0 aliphatic heterocycles. The zero-order valence-corrected chi connectivity index (χ0v) is 10.4. The van der Waals surface area contributed by atoms with Crippen molar-refractivity contribution in [3.63, 3.8) is 0 Å². The first-order chi connectivity index (χ1) is 7.79. The Morgan fingerprint density at radius 1 is 0.812 bits per heavy atom. The van der Waals surface area contributed by atoms with E-state index in [2.05, 4.69) is 56.0 Å². The molecule has 2 rings (SSSR count). The molecule has 0 radical (unpaired) electrons. The Kier molecular flexibility index (Phi) is 3.68. The molecule has 2 aromatic carbocycles. The first-order valence-electron chi connectivity index (χ1n) is 5.68. The lowest BCUT2D eigenvalue weighted by Gasteiger charge is -2.04. The molecule has 0 atom stereocenters. The van der Waals surface area contributed by atoms with Crippen LogP contribution in [0.4, 0.5) is 0 Å². The lowest BCUT2D eigenvalue weighted by atomic mass is 10.0. The van der Waals surface area contributed by atoms with Crippen molar-refractivity contribution in [3.05, 3.63) is 54.1 Å². The van der Waals surface area contributed by atoms with E-state index in [4.69, 9.17) is 0 Å². The summed E-state index contributed by atoms with van der Waals surface area (Å²) in [7, 11) is 0. The summed E-state index contributed by atoms with van der Waals surface area (Å²) in [6.45, 7) is 2.21. The van der Waals surface area contributed by atoms with Crippen LogP contribution < -0.4 is 0 Å². The number of hydrogen-bond donors (Lipinski definition) is 1. The second kappa shape index (κ2) is 5.22. The van der Waals surface area contributed by atoms with Crippen LogP contribution >= 0.6 is 12.6 Å². The molecule has 0 aliphatic rings. The molecule has 16 heavy (non-hydrogen) atoms. The zero-order chi connectivity index (χ0) is 11.4. The average Bonchev–Trinajstić information content (AvgIpc) is 2.32. The van der Waals surface area contributed by atoms with Gasteiger partial charge >= 0.3 is 0 Å². The Hall–Kier alpha value is -1.21. The maximum absolute atomic E-state index is 4.29. The maximum atomic E-state index is 4.29. The highest BCUT2D eigenvalue weighted by atomic mass is 32.1. The molecular formula is C15H16S. The van der Waals surface area contributed by atoms with E-state index in [-0.39, 0.29) is 0 Å². The van der Waals surface area contributed by atoms with Crippen LogP contribution in [0.15, 0.2) is 53.4 Å². The van der Waals surface area contributed by atoms with Gasteiger partial charge in [-0.05, 0) is 35.2 Å². The molecular weight excluding hydrogens is 212 g/mol. The topological polar surface area (TPSA) is 0 Å². The summed E-state index contributed by atoms with van der Waals surface area (Å²) in [5.41, 5.74) is 3.94. The monoisotopic (exact) mass is 228 g/mol. The summed E-state index contributed by atoms with van der Waals surface area (Å²) < 4.78 is 0. The van der Waals surface area contributed by atoms with E-state index in [9.17, 15) is 0 Å². The van der Waals surface area contributed by atoms with Crippen LogP contribution in [0.5, 0.6) is 0 Å². The van der Waals surface area contributed by atoms with Crippen LogP contribution in [0.25, 0.3) is 11.1 Å². The molecule has 1 heteroatoms. The Labute approximate surface area is 103 Å². The van der Waals surface area contributed by atoms with Crippen molar-refractivity contribution in [2.75, 3.05) is 0 Å². The molecule has 0 bridgehead atoms. The third kappa shape index (κ3) is 2.67. The van der Waals surface area contributed by atoms with Gasteiger partial charge in [0.2, 0.25) is 0 Å². The van der Waals surface area contributed by atoms with Gasteiger partial charge in [0, 0.05) is 4.90 Å². The van der Waals surface area contributed by atoms with Crippen molar-refractivity contribution in [1.82, 2.24) is 0 Å². The van der Waals surface area contributed by atoms with E-state index in [0.29, 0.717) is 0 Å². The molecule has 0 nitrogen and oxygen atoms in total. The predicted molar refractivity (Wildman–Crippen MR) is 73.1 cm³/mol. The predicted octanol–water partition coefficient (Wildman–Crippen LogP) is 4.59. The number of aryl methyl sites for hydroxylation is 1. The average molecular weight is 228 g/mol. The maximum Gasteiger partial charge on any atom is 0.00404 e. The van der Waals surface area contributed by atoms with Crippen molar-refractivity contribution in [2.24, 2.45) is 0 Å². The van der Waals surface area contributed by atoms with Crippen LogP contribution in [-0.2, 0) is 6.42 Å². The molecule has 0 aromatic heterocycles. The fourth-order valence-electron chi connectivity index (χ4n) is 1.81. The van der Waals surface area contributed by atoms with Crippen molar-refractivity contribution < 1.29 is 0 Å². The summed E-state index contributed by atoms with van der Waals surface area (Å²) in [4.78, 5) is 1.01. The normalized spacial score (nSPS) is 10.4. The molecule has 82 valence electrons. The van der Waals surface area contributed by atoms with Gasteiger partial charge in [0.1, 0.15) is 0 Å². The second-order valence-corrected chi connectivity index (χ2v) is 4.51. The quantitative estimate of drug-likeness (QED) is 0.729. The van der Waals surface area contributed by atoms with E-state index < -0.39 is 0 Å². The van der Waals surface area contributed by atoms with Crippen LogP contribution in [0, 0.1) is 0 Å². The molecule has 0 unspecified atom stereocenters. The molecule has 0 aliphatic carbocycles. The molecule has 2 aromatic rings. The van der Waals surface area contributed by atoms with Gasteiger partial charge in [-0.2, -0.15) is 0 Å². The van der Waals surface area contributed by atoms with Gasteiger partial charge in [-0.25, -0.2) is 0 Å². The van der Waals surface area contributed by atoms with Crippen molar-refractivity contribution in [3.8, 4) is 11.1 Å². The molecule has 0 saturated carbocycles. The first kappa shape index (κ1) is 11.3.